The first-order valence-corrected chi connectivity index (χ1v) is 9.76. The van der Waals surface area contributed by atoms with E-state index in [0.717, 1.165) is 17.1 Å². The lowest BCUT2D eigenvalue weighted by atomic mass is 9.77. The number of hydrogen-bond donors (Lipinski definition) is 2. The van der Waals surface area contributed by atoms with Crippen molar-refractivity contribution >= 4 is 17.8 Å². The number of hydrogen-bond acceptors (Lipinski definition) is 4. The Bertz CT molecular complexity index is 971. The number of nitrogens with one attached hydrogen (secondary N) is 1. The number of aliphatic carboxylic acids is 1. The van der Waals surface area contributed by atoms with Gasteiger partial charge in [0, 0.05) is 30.8 Å². The Kier molecular flexibility index (Phi) is 4.64. The van der Waals surface area contributed by atoms with E-state index in [1.165, 1.54) is 0 Å². The van der Waals surface area contributed by atoms with Gasteiger partial charge in [0.2, 0.25) is 5.91 Å². The summed E-state index contributed by atoms with van der Waals surface area (Å²) in [6.07, 6.45) is 0.910. The van der Waals surface area contributed by atoms with Crippen molar-refractivity contribution < 1.29 is 19.5 Å². The van der Waals surface area contributed by atoms with Gasteiger partial charge in [-0.15, -0.1) is 0 Å². The Morgan fingerprint density at radius 2 is 1.83 bits per heavy atom. The number of carboxylic acid groups (broad SMARTS) is 1. The molecule has 2 N–H and O–H groups in total. The first-order valence-electron chi connectivity index (χ1n) is 9.76. The van der Waals surface area contributed by atoms with Gasteiger partial charge in [0.05, 0.1) is 22.8 Å². The molecule has 152 valence electrons. The number of nitrogens with zero attached hydrogens (tertiary/aromatic N) is 3. The van der Waals surface area contributed by atoms with Gasteiger partial charge in [-0.3, -0.25) is 14.4 Å². The van der Waals surface area contributed by atoms with E-state index in [9.17, 15) is 19.5 Å². The van der Waals surface area contributed by atoms with Crippen molar-refractivity contribution in [3.63, 3.8) is 0 Å². The van der Waals surface area contributed by atoms with Gasteiger partial charge >= 0.3 is 5.97 Å². The summed E-state index contributed by atoms with van der Waals surface area (Å²) in [5, 5.41) is 16.8. The van der Waals surface area contributed by atoms with Gasteiger partial charge in [-0.2, -0.15) is 5.10 Å². The highest BCUT2D eigenvalue weighted by Gasteiger charge is 2.52. The molecule has 2 aliphatic heterocycles. The van der Waals surface area contributed by atoms with Crippen LogP contribution in [0.15, 0.2) is 30.3 Å². The molecule has 8 heteroatoms. The van der Waals surface area contributed by atoms with Crippen LogP contribution in [-0.2, 0) is 9.59 Å². The maximum absolute atomic E-state index is 12.9. The Labute approximate surface area is 168 Å². The first kappa shape index (κ1) is 19.2. The molecule has 1 aromatic carbocycles. The molecule has 8 nitrogen and oxygen atoms in total. The quantitative estimate of drug-likeness (QED) is 0.821. The van der Waals surface area contributed by atoms with Crippen LogP contribution >= 0.6 is 0 Å². The normalized spacial score (nSPS) is 20.7. The molecule has 0 aliphatic carbocycles. The molecule has 2 saturated heterocycles. The molecule has 0 saturated carbocycles. The Morgan fingerprint density at radius 3 is 2.38 bits per heavy atom. The molecule has 1 unspecified atom stereocenters. The zero-order valence-electron chi connectivity index (χ0n) is 16.5. The fourth-order valence-corrected chi connectivity index (χ4v) is 4.52. The van der Waals surface area contributed by atoms with Gasteiger partial charge in [0.25, 0.3) is 5.91 Å². The number of carbonyl (C=O) groups excluding carboxylic acids is 2. The summed E-state index contributed by atoms with van der Waals surface area (Å²) in [6, 6.07) is 9.31. The highest BCUT2D eigenvalue weighted by Crippen LogP contribution is 2.37. The number of aryl methyl sites for hydroxylation is 2. The van der Waals surface area contributed by atoms with Crippen molar-refractivity contribution in [3.8, 4) is 5.69 Å². The van der Waals surface area contributed by atoms with E-state index in [4.69, 9.17) is 0 Å². The number of rotatable bonds is 3. The van der Waals surface area contributed by atoms with Crippen molar-refractivity contribution in [3.05, 3.63) is 47.3 Å². The van der Waals surface area contributed by atoms with Gasteiger partial charge in [-0.05, 0) is 57.0 Å². The van der Waals surface area contributed by atoms with Crippen LogP contribution < -0.4 is 5.32 Å². The molecule has 1 aromatic heterocycles. The molecule has 2 amide bonds. The largest absolute Gasteiger partial charge is 0.481 e. The van der Waals surface area contributed by atoms with Crippen molar-refractivity contribution in [2.24, 2.45) is 5.92 Å². The molecule has 0 radical (unpaired) electrons. The standard InChI is InChI=1S/C21H24N4O4/c1-13-11-14(2)25(23-13)16-5-3-15(4-6-16)19(27)24-9-7-21(8-10-24)17(20(28)29)12-18(26)22-21/h3-6,11,17H,7-10,12H2,1-2H3,(H,22,26)(H,28,29). The van der Waals surface area contributed by atoms with Gasteiger partial charge in [-0.1, -0.05) is 0 Å². The van der Waals surface area contributed by atoms with Gasteiger partial charge in [0.1, 0.15) is 0 Å². The number of likely N-dealkylation sites (tertiary alicyclic amines) is 1. The second-order valence-electron chi connectivity index (χ2n) is 7.98. The van der Waals surface area contributed by atoms with Crippen LogP contribution in [0.3, 0.4) is 0 Å². The maximum Gasteiger partial charge on any atom is 0.309 e. The van der Waals surface area contributed by atoms with E-state index in [1.807, 2.05) is 36.7 Å². The first-order chi connectivity index (χ1) is 13.8. The monoisotopic (exact) mass is 396 g/mol. The van der Waals surface area contributed by atoms with Crippen molar-refractivity contribution in [1.82, 2.24) is 20.0 Å². The van der Waals surface area contributed by atoms with Gasteiger partial charge in [0.15, 0.2) is 0 Å². The summed E-state index contributed by atoms with van der Waals surface area (Å²) in [6.45, 7) is 4.76. The lowest BCUT2D eigenvalue weighted by Crippen LogP contribution is -2.56. The molecule has 2 fully saturated rings. The van der Waals surface area contributed by atoms with Crippen molar-refractivity contribution in [2.45, 2.75) is 38.6 Å². The third-order valence-electron chi connectivity index (χ3n) is 6.05. The predicted molar refractivity (Wildman–Crippen MR) is 105 cm³/mol. The number of piperidine rings is 1. The van der Waals surface area contributed by atoms with E-state index in [1.54, 1.807) is 17.0 Å². The van der Waals surface area contributed by atoms with Crippen molar-refractivity contribution in [2.75, 3.05) is 13.1 Å². The molecule has 29 heavy (non-hydrogen) atoms. The molecule has 0 bridgehead atoms. The molecule has 1 atom stereocenters. The Balaban J connectivity index is 1.45. The third kappa shape index (κ3) is 3.39. The van der Waals surface area contributed by atoms with Crippen LogP contribution in [0, 0.1) is 19.8 Å². The summed E-state index contributed by atoms with van der Waals surface area (Å²) in [4.78, 5) is 38.0. The van der Waals surface area contributed by atoms with Crippen LogP contribution in [0.1, 0.15) is 41.0 Å². The average molecular weight is 396 g/mol. The smallest absolute Gasteiger partial charge is 0.309 e. The summed E-state index contributed by atoms with van der Waals surface area (Å²) >= 11 is 0. The van der Waals surface area contributed by atoms with Crippen molar-refractivity contribution in [1.29, 1.82) is 0 Å². The van der Waals surface area contributed by atoms with E-state index in [0.29, 0.717) is 31.5 Å². The summed E-state index contributed by atoms with van der Waals surface area (Å²) in [5.41, 5.74) is 2.69. The second-order valence-corrected chi connectivity index (χ2v) is 7.98. The number of carbonyl (C=O) groups is 3. The number of carboxylic acids is 1. The van der Waals surface area contributed by atoms with Crippen LogP contribution in [0.5, 0.6) is 0 Å². The summed E-state index contributed by atoms with van der Waals surface area (Å²) in [5.74, 6) is -2.00. The Hall–Kier alpha value is -3.16. The third-order valence-corrected chi connectivity index (χ3v) is 6.05. The molecule has 2 aliphatic rings. The molecule has 2 aromatic rings. The average Bonchev–Trinajstić information content (AvgIpc) is 3.20. The predicted octanol–water partition coefficient (Wildman–Crippen LogP) is 1.68. The minimum absolute atomic E-state index is 0.0110. The number of benzene rings is 1. The van der Waals surface area contributed by atoms with E-state index < -0.39 is 17.4 Å². The molecule has 4 rings (SSSR count). The zero-order valence-corrected chi connectivity index (χ0v) is 16.5. The van der Waals surface area contributed by atoms with Crippen LogP contribution in [0.4, 0.5) is 0 Å². The molecule has 3 heterocycles. The van der Waals surface area contributed by atoms with Crippen LogP contribution in [0.25, 0.3) is 5.69 Å². The maximum atomic E-state index is 12.9. The highest BCUT2D eigenvalue weighted by molar-refractivity contribution is 5.94. The topological polar surface area (TPSA) is 105 Å². The summed E-state index contributed by atoms with van der Waals surface area (Å²) in [7, 11) is 0. The van der Waals surface area contributed by atoms with Crippen LogP contribution in [0.2, 0.25) is 0 Å². The number of amides is 2. The number of aromatic nitrogens is 2. The van der Waals surface area contributed by atoms with Gasteiger partial charge in [-0.25, -0.2) is 4.68 Å². The fourth-order valence-electron chi connectivity index (χ4n) is 4.52. The highest BCUT2D eigenvalue weighted by atomic mass is 16.4. The van der Waals surface area contributed by atoms with E-state index >= 15 is 0 Å². The fraction of sp³-hybridized carbons (Fsp3) is 0.429. The molecule has 1 spiro atoms. The second kappa shape index (κ2) is 7.02. The lowest BCUT2D eigenvalue weighted by molar-refractivity contribution is -0.144. The zero-order chi connectivity index (χ0) is 20.8. The minimum Gasteiger partial charge on any atom is -0.481 e. The minimum atomic E-state index is -0.956. The summed E-state index contributed by atoms with van der Waals surface area (Å²) < 4.78 is 1.84. The lowest BCUT2D eigenvalue weighted by Gasteiger charge is -2.41. The van der Waals surface area contributed by atoms with Crippen LogP contribution in [-0.4, -0.2) is 56.2 Å². The SMILES string of the molecule is Cc1cc(C)n(-c2ccc(C(=O)N3CCC4(CC3)NC(=O)CC4C(=O)O)cc2)n1. The van der Waals surface area contributed by atoms with E-state index in [2.05, 4.69) is 10.4 Å². The van der Waals surface area contributed by atoms with Gasteiger partial charge < -0.3 is 15.3 Å². The Morgan fingerprint density at radius 1 is 1.17 bits per heavy atom. The van der Waals surface area contributed by atoms with E-state index in [-0.39, 0.29) is 18.2 Å². The molecular weight excluding hydrogens is 372 g/mol. The molecular formula is C21H24N4O4.